The molecule has 2 heterocycles. The van der Waals surface area contributed by atoms with Gasteiger partial charge in [0.2, 0.25) is 0 Å². The number of anilines is 1. The predicted molar refractivity (Wildman–Crippen MR) is 87.2 cm³/mol. The summed E-state index contributed by atoms with van der Waals surface area (Å²) in [5, 5.41) is 8.81. The molecule has 1 aliphatic rings. The topological polar surface area (TPSA) is 76.0 Å². The molecule has 1 amide bonds. The molecule has 0 atom stereocenters. The lowest BCUT2D eigenvalue weighted by atomic mass is 10.1. The van der Waals surface area contributed by atoms with Gasteiger partial charge in [-0.2, -0.15) is 5.26 Å². The number of aryl methyl sites for hydroxylation is 1. The highest BCUT2D eigenvalue weighted by Crippen LogP contribution is 2.22. The highest BCUT2D eigenvalue weighted by atomic mass is 19.1. The highest BCUT2D eigenvalue weighted by Gasteiger charge is 2.26. The average molecular weight is 327 g/mol. The second-order valence-electron chi connectivity index (χ2n) is 5.64. The fraction of sp³-hybridized carbons (Fsp3) is 0.353. The van der Waals surface area contributed by atoms with E-state index in [2.05, 4.69) is 9.97 Å². The maximum absolute atomic E-state index is 14.1. The van der Waals surface area contributed by atoms with Crippen LogP contribution in [0.4, 0.5) is 10.1 Å². The van der Waals surface area contributed by atoms with Crippen LogP contribution in [0.5, 0.6) is 0 Å². The van der Waals surface area contributed by atoms with Crippen LogP contribution in [0.25, 0.3) is 0 Å². The highest BCUT2D eigenvalue weighted by molar-refractivity contribution is 5.93. The molecular formula is C17H18FN5O. The summed E-state index contributed by atoms with van der Waals surface area (Å²) in [5.74, 6) is -0.498. The van der Waals surface area contributed by atoms with Gasteiger partial charge in [-0.3, -0.25) is 4.79 Å². The van der Waals surface area contributed by atoms with E-state index in [-0.39, 0.29) is 5.91 Å². The van der Waals surface area contributed by atoms with E-state index in [4.69, 9.17) is 5.26 Å². The van der Waals surface area contributed by atoms with Crippen molar-refractivity contribution in [2.75, 3.05) is 31.1 Å². The summed E-state index contributed by atoms with van der Waals surface area (Å²) < 4.78 is 14.1. The number of benzene rings is 1. The van der Waals surface area contributed by atoms with Crippen molar-refractivity contribution in [3.63, 3.8) is 0 Å². The molecule has 7 heteroatoms. The van der Waals surface area contributed by atoms with E-state index < -0.39 is 5.82 Å². The molecule has 124 valence electrons. The van der Waals surface area contributed by atoms with Gasteiger partial charge in [-0.1, -0.05) is 6.92 Å². The van der Waals surface area contributed by atoms with Gasteiger partial charge in [0.25, 0.3) is 5.91 Å². The normalized spacial score (nSPS) is 14.5. The fourth-order valence-electron chi connectivity index (χ4n) is 2.91. The smallest absolute Gasteiger partial charge is 0.274 e. The molecule has 1 saturated heterocycles. The quantitative estimate of drug-likeness (QED) is 0.935. The van der Waals surface area contributed by atoms with Gasteiger partial charge in [-0.25, -0.2) is 9.37 Å². The minimum atomic E-state index is -0.408. The van der Waals surface area contributed by atoms with Crippen LogP contribution in [0.15, 0.2) is 24.5 Å². The lowest BCUT2D eigenvalue weighted by Crippen LogP contribution is -2.49. The van der Waals surface area contributed by atoms with Gasteiger partial charge >= 0.3 is 0 Å². The van der Waals surface area contributed by atoms with Crippen LogP contribution in [0, 0.1) is 17.1 Å². The number of H-pyrrole nitrogens is 1. The van der Waals surface area contributed by atoms with E-state index in [9.17, 15) is 9.18 Å². The first-order valence-corrected chi connectivity index (χ1v) is 7.90. The van der Waals surface area contributed by atoms with Crippen molar-refractivity contribution in [2.24, 2.45) is 0 Å². The molecule has 1 aromatic heterocycles. The Labute approximate surface area is 139 Å². The number of carbonyl (C=O) groups is 1. The Bertz CT molecular complexity index is 787. The minimum absolute atomic E-state index is 0.0898. The molecule has 3 rings (SSSR count). The largest absolute Gasteiger partial charge is 0.366 e. The number of aromatic nitrogens is 2. The van der Waals surface area contributed by atoms with E-state index in [1.54, 1.807) is 17.0 Å². The molecule has 0 unspecified atom stereocenters. The summed E-state index contributed by atoms with van der Waals surface area (Å²) in [4.78, 5) is 23.3. The van der Waals surface area contributed by atoms with Crippen LogP contribution in [0.2, 0.25) is 0 Å². The van der Waals surface area contributed by atoms with Gasteiger partial charge in [0, 0.05) is 31.9 Å². The standard InChI is InChI=1S/C17H18FN5O/c1-2-14-16(21-11-20-14)17(24)23-7-5-22(6-8-23)15-4-3-12(10-19)9-13(15)18/h3-4,9,11H,2,5-8H2,1H3,(H,20,21). The first kappa shape index (κ1) is 16.0. The van der Waals surface area contributed by atoms with E-state index in [1.807, 2.05) is 17.9 Å². The Balaban J connectivity index is 1.68. The van der Waals surface area contributed by atoms with Crippen molar-refractivity contribution < 1.29 is 9.18 Å². The van der Waals surface area contributed by atoms with Crippen LogP contribution >= 0.6 is 0 Å². The first-order valence-electron chi connectivity index (χ1n) is 7.90. The number of amides is 1. The number of rotatable bonds is 3. The van der Waals surface area contributed by atoms with Gasteiger partial charge in [0.1, 0.15) is 11.5 Å². The molecule has 1 aromatic carbocycles. The maximum atomic E-state index is 14.1. The lowest BCUT2D eigenvalue weighted by Gasteiger charge is -2.36. The molecule has 0 radical (unpaired) electrons. The molecule has 0 bridgehead atoms. The second-order valence-corrected chi connectivity index (χ2v) is 5.64. The third-order valence-corrected chi connectivity index (χ3v) is 4.26. The van der Waals surface area contributed by atoms with Crippen molar-refractivity contribution in [1.82, 2.24) is 14.9 Å². The zero-order chi connectivity index (χ0) is 17.1. The second kappa shape index (κ2) is 6.71. The molecule has 0 saturated carbocycles. The molecule has 1 aliphatic heterocycles. The number of carbonyl (C=O) groups excluding carboxylic acids is 1. The van der Waals surface area contributed by atoms with Gasteiger partial charge < -0.3 is 14.8 Å². The Morgan fingerprint density at radius 2 is 2.12 bits per heavy atom. The predicted octanol–water partition coefficient (Wildman–Crippen LogP) is 1.95. The van der Waals surface area contributed by atoms with Gasteiger partial charge in [0.15, 0.2) is 0 Å². The molecule has 1 fully saturated rings. The van der Waals surface area contributed by atoms with E-state index in [1.165, 1.54) is 12.4 Å². The number of nitrogens with one attached hydrogen (secondary N) is 1. The summed E-state index contributed by atoms with van der Waals surface area (Å²) >= 11 is 0. The summed E-state index contributed by atoms with van der Waals surface area (Å²) in [6.07, 6.45) is 2.26. The average Bonchev–Trinajstić information content (AvgIpc) is 3.10. The Hall–Kier alpha value is -2.88. The maximum Gasteiger partial charge on any atom is 0.274 e. The fourth-order valence-corrected chi connectivity index (χ4v) is 2.91. The van der Waals surface area contributed by atoms with Crippen molar-refractivity contribution >= 4 is 11.6 Å². The van der Waals surface area contributed by atoms with Crippen molar-refractivity contribution in [3.8, 4) is 6.07 Å². The van der Waals surface area contributed by atoms with Crippen LogP contribution < -0.4 is 4.90 Å². The van der Waals surface area contributed by atoms with Crippen LogP contribution in [0.3, 0.4) is 0 Å². The molecule has 0 spiro atoms. The number of nitriles is 1. The van der Waals surface area contributed by atoms with E-state index in [0.717, 1.165) is 12.1 Å². The number of aromatic amines is 1. The van der Waals surface area contributed by atoms with Gasteiger partial charge in [0.05, 0.1) is 23.6 Å². The number of imidazole rings is 1. The molecule has 1 N–H and O–H groups in total. The molecule has 0 aliphatic carbocycles. The molecule has 2 aromatic rings. The first-order chi connectivity index (χ1) is 11.6. The van der Waals surface area contributed by atoms with Crippen molar-refractivity contribution in [2.45, 2.75) is 13.3 Å². The van der Waals surface area contributed by atoms with Gasteiger partial charge in [-0.05, 0) is 24.6 Å². The number of hydrogen-bond acceptors (Lipinski definition) is 4. The summed E-state index contributed by atoms with van der Waals surface area (Å²) in [7, 11) is 0. The zero-order valence-electron chi connectivity index (χ0n) is 13.4. The Morgan fingerprint density at radius 1 is 1.38 bits per heavy atom. The number of hydrogen-bond donors (Lipinski definition) is 1. The van der Waals surface area contributed by atoms with E-state index >= 15 is 0 Å². The van der Waals surface area contributed by atoms with E-state index in [0.29, 0.717) is 43.1 Å². The monoisotopic (exact) mass is 327 g/mol. The lowest BCUT2D eigenvalue weighted by molar-refractivity contribution is 0.0740. The zero-order valence-corrected chi connectivity index (χ0v) is 13.4. The number of halogens is 1. The number of piperazine rings is 1. The van der Waals surface area contributed by atoms with Gasteiger partial charge in [-0.15, -0.1) is 0 Å². The number of nitrogens with zero attached hydrogens (tertiary/aromatic N) is 4. The van der Waals surface area contributed by atoms with Crippen molar-refractivity contribution in [1.29, 1.82) is 5.26 Å². The third kappa shape index (κ3) is 2.95. The van der Waals surface area contributed by atoms with Crippen LogP contribution in [-0.2, 0) is 6.42 Å². The van der Waals surface area contributed by atoms with Crippen LogP contribution in [0.1, 0.15) is 28.7 Å². The van der Waals surface area contributed by atoms with Crippen LogP contribution in [-0.4, -0.2) is 47.0 Å². The third-order valence-electron chi connectivity index (χ3n) is 4.26. The Kier molecular flexibility index (Phi) is 4.47. The Morgan fingerprint density at radius 3 is 2.75 bits per heavy atom. The molecule has 24 heavy (non-hydrogen) atoms. The molecule has 6 nitrogen and oxygen atoms in total. The van der Waals surface area contributed by atoms with Crippen molar-refractivity contribution in [3.05, 3.63) is 47.3 Å². The SMILES string of the molecule is CCc1[nH]cnc1C(=O)N1CCN(c2ccc(C#N)cc2F)CC1. The summed E-state index contributed by atoms with van der Waals surface area (Å²) in [6.45, 7) is 4.07. The minimum Gasteiger partial charge on any atom is -0.366 e. The molecular weight excluding hydrogens is 309 g/mol. The summed E-state index contributed by atoms with van der Waals surface area (Å²) in [5.41, 5.74) is 2.07. The summed E-state index contributed by atoms with van der Waals surface area (Å²) in [6, 6.07) is 6.39.